The molecule has 1 saturated heterocycles. The molecule has 0 spiro atoms. The normalized spacial score (nSPS) is 18.3. The highest BCUT2D eigenvalue weighted by Crippen LogP contribution is 2.33. The first-order chi connectivity index (χ1) is 10.2. The van der Waals surface area contributed by atoms with Crippen LogP contribution in [-0.4, -0.2) is 44.2 Å². The summed E-state index contributed by atoms with van der Waals surface area (Å²) in [6.45, 7) is 1.49. The summed E-state index contributed by atoms with van der Waals surface area (Å²) in [7, 11) is 0. The van der Waals surface area contributed by atoms with E-state index in [-0.39, 0.29) is 11.9 Å². The Bertz CT molecular complexity index is 533. The number of hydrogen-bond acceptors (Lipinski definition) is 5. The summed E-state index contributed by atoms with van der Waals surface area (Å²) in [5.41, 5.74) is 1.24. The summed E-state index contributed by atoms with van der Waals surface area (Å²) in [4.78, 5) is 12.9. The minimum Gasteiger partial charge on any atom is -0.376 e. The maximum absolute atomic E-state index is 12.9. The smallest absolute Gasteiger partial charge is 0.193 e. The first-order valence-corrected chi connectivity index (χ1v) is 9.32. The first-order valence-electron chi connectivity index (χ1n) is 6.49. The van der Waals surface area contributed by atoms with Crippen LogP contribution in [0.5, 0.6) is 0 Å². The Labute approximate surface area is 138 Å². The Balaban J connectivity index is 2.39. The summed E-state index contributed by atoms with van der Waals surface area (Å²) in [5, 5.41) is 0.552. The monoisotopic (exact) mass is 344 g/mol. The van der Waals surface area contributed by atoms with Gasteiger partial charge in [0.1, 0.15) is 6.10 Å². The van der Waals surface area contributed by atoms with Gasteiger partial charge in [0, 0.05) is 14.8 Å². The van der Waals surface area contributed by atoms with Crippen LogP contribution in [0.15, 0.2) is 34.1 Å². The molecule has 1 atom stereocenters. The third-order valence-corrected chi connectivity index (χ3v) is 5.48. The molecule has 0 N–H and O–H groups in total. The predicted octanol–water partition coefficient (Wildman–Crippen LogP) is 3.88. The number of carbonyl (C=O) groups excluding carboxylic acids is 1. The van der Waals surface area contributed by atoms with Gasteiger partial charge in [-0.05, 0) is 24.6 Å². The molecule has 1 aromatic rings. The van der Waals surface area contributed by atoms with Gasteiger partial charge in [-0.2, -0.15) is 0 Å². The molecule has 114 valence electrons. The minimum absolute atomic E-state index is 0.0494. The number of thioether (sulfide) groups is 2. The number of ketones is 1. The molecule has 1 aromatic carbocycles. The lowest BCUT2D eigenvalue weighted by molar-refractivity contribution is -0.0712. The van der Waals surface area contributed by atoms with Crippen molar-refractivity contribution in [2.75, 3.05) is 32.3 Å². The second-order valence-corrected chi connectivity index (χ2v) is 6.71. The van der Waals surface area contributed by atoms with E-state index in [4.69, 9.17) is 21.1 Å². The third-order valence-electron chi connectivity index (χ3n) is 3.06. The maximum Gasteiger partial charge on any atom is 0.193 e. The highest BCUT2D eigenvalue weighted by atomic mass is 35.5. The zero-order chi connectivity index (χ0) is 15.2. The van der Waals surface area contributed by atoms with Crippen LogP contribution in [0.3, 0.4) is 0 Å². The van der Waals surface area contributed by atoms with Crippen molar-refractivity contribution in [3.05, 3.63) is 44.7 Å². The van der Waals surface area contributed by atoms with Crippen molar-refractivity contribution in [3.63, 3.8) is 0 Å². The van der Waals surface area contributed by atoms with Crippen LogP contribution in [0.2, 0.25) is 5.02 Å². The highest BCUT2D eigenvalue weighted by molar-refractivity contribution is 8.21. The van der Waals surface area contributed by atoms with Crippen molar-refractivity contribution in [1.82, 2.24) is 0 Å². The van der Waals surface area contributed by atoms with Crippen LogP contribution < -0.4 is 0 Å². The lowest BCUT2D eigenvalue weighted by atomic mass is 10.0. The molecule has 0 radical (unpaired) electrons. The van der Waals surface area contributed by atoms with Crippen LogP contribution >= 0.6 is 35.1 Å². The zero-order valence-corrected chi connectivity index (χ0v) is 14.3. The summed E-state index contributed by atoms with van der Waals surface area (Å²) < 4.78 is 12.1. The number of benzene rings is 1. The van der Waals surface area contributed by atoms with Crippen molar-refractivity contribution in [2.24, 2.45) is 0 Å². The molecule has 1 aliphatic rings. The van der Waals surface area contributed by atoms with Gasteiger partial charge in [0.05, 0.1) is 25.4 Å². The van der Waals surface area contributed by atoms with Gasteiger partial charge in [-0.25, -0.2) is 0 Å². The van der Waals surface area contributed by atoms with Crippen molar-refractivity contribution < 1.29 is 14.3 Å². The van der Waals surface area contributed by atoms with Crippen molar-refractivity contribution in [1.29, 1.82) is 0 Å². The molecule has 0 amide bonds. The molecule has 2 rings (SSSR count). The van der Waals surface area contributed by atoms with Gasteiger partial charge >= 0.3 is 0 Å². The molecule has 1 unspecified atom stereocenters. The van der Waals surface area contributed by atoms with E-state index in [2.05, 4.69) is 0 Å². The standard InChI is InChI=1S/C15H17ClO3S2/c1-20-15(21-2)13(12-9-18-6-7-19-12)14(17)10-4-3-5-11(16)8-10/h3-5,8,12H,6-7,9H2,1-2H3. The molecule has 0 aromatic heterocycles. The lowest BCUT2D eigenvalue weighted by Gasteiger charge is -2.26. The molecule has 1 heterocycles. The van der Waals surface area contributed by atoms with E-state index >= 15 is 0 Å². The van der Waals surface area contributed by atoms with Crippen LogP contribution in [0, 0.1) is 0 Å². The predicted molar refractivity (Wildman–Crippen MR) is 90.4 cm³/mol. The van der Waals surface area contributed by atoms with Gasteiger partial charge < -0.3 is 9.47 Å². The molecule has 0 saturated carbocycles. The van der Waals surface area contributed by atoms with Gasteiger partial charge in [-0.1, -0.05) is 23.7 Å². The minimum atomic E-state index is -0.319. The van der Waals surface area contributed by atoms with E-state index in [1.165, 1.54) is 0 Å². The topological polar surface area (TPSA) is 35.5 Å². The Morgan fingerprint density at radius 3 is 2.62 bits per heavy atom. The van der Waals surface area contributed by atoms with E-state index in [0.717, 1.165) is 4.24 Å². The highest BCUT2D eigenvalue weighted by Gasteiger charge is 2.28. The Morgan fingerprint density at radius 2 is 2.05 bits per heavy atom. The van der Waals surface area contributed by atoms with E-state index in [1.54, 1.807) is 47.8 Å². The second-order valence-electron chi connectivity index (χ2n) is 4.38. The van der Waals surface area contributed by atoms with E-state index in [9.17, 15) is 4.79 Å². The average Bonchev–Trinajstić information content (AvgIpc) is 2.52. The largest absolute Gasteiger partial charge is 0.376 e. The van der Waals surface area contributed by atoms with Crippen molar-refractivity contribution in [3.8, 4) is 0 Å². The fraction of sp³-hybridized carbons (Fsp3) is 0.400. The average molecular weight is 345 g/mol. The quantitative estimate of drug-likeness (QED) is 0.598. The summed E-state index contributed by atoms with van der Waals surface area (Å²) >= 11 is 9.10. The molecule has 0 aliphatic carbocycles. The number of Topliss-reactive ketones (excluding diaryl/α,β-unsaturated/α-hetero) is 1. The molecular weight excluding hydrogens is 328 g/mol. The van der Waals surface area contributed by atoms with Crippen LogP contribution in [0.4, 0.5) is 0 Å². The fourth-order valence-corrected chi connectivity index (χ4v) is 3.86. The number of ether oxygens (including phenoxy) is 2. The van der Waals surface area contributed by atoms with E-state index < -0.39 is 0 Å². The van der Waals surface area contributed by atoms with Crippen molar-refractivity contribution >= 4 is 40.9 Å². The molecule has 1 aliphatic heterocycles. The van der Waals surface area contributed by atoms with Crippen LogP contribution in [0.1, 0.15) is 10.4 Å². The van der Waals surface area contributed by atoms with Gasteiger partial charge in [0.2, 0.25) is 0 Å². The number of hydrogen-bond donors (Lipinski definition) is 0. The Morgan fingerprint density at radius 1 is 1.29 bits per heavy atom. The van der Waals surface area contributed by atoms with Gasteiger partial charge in [0.25, 0.3) is 0 Å². The van der Waals surface area contributed by atoms with Crippen molar-refractivity contribution in [2.45, 2.75) is 6.10 Å². The second kappa shape index (κ2) is 8.25. The number of carbonyl (C=O) groups is 1. The zero-order valence-electron chi connectivity index (χ0n) is 11.9. The van der Waals surface area contributed by atoms with E-state index in [0.29, 0.717) is 36.0 Å². The molecule has 0 bridgehead atoms. The molecule has 3 nitrogen and oxygen atoms in total. The lowest BCUT2D eigenvalue weighted by Crippen LogP contribution is -2.33. The van der Waals surface area contributed by atoms with Crippen LogP contribution in [0.25, 0.3) is 0 Å². The Kier molecular flexibility index (Phi) is 6.64. The number of rotatable bonds is 5. The van der Waals surface area contributed by atoms with Gasteiger partial charge in [-0.15, -0.1) is 23.5 Å². The van der Waals surface area contributed by atoms with Crippen LogP contribution in [-0.2, 0) is 9.47 Å². The summed E-state index contributed by atoms with van der Waals surface area (Å²) in [6, 6.07) is 7.00. The summed E-state index contributed by atoms with van der Waals surface area (Å²) in [5.74, 6) is -0.0494. The fourth-order valence-electron chi connectivity index (χ4n) is 2.11. The molecular formula is C15H17ClO3S2. The van der Waals surface area contributed by atoms with Gasteiger partial charge in [0.15, 0.2) is 5.78 Å². The number of halogens is 1. The van der Waals surface area contributed by atoms with E-state index in [1.807, 2.05) is 12.5 Å². The summed E-state index contributed by atoms with van der Waals surface area (Å²) in [6.07, 6.45) is 3.60. The molecule has 1 fully saturated rings. The molecule has 6 heteroatoms. The van der Waals surface area contributed by atoms with Gasteiger partial charge in [-0.3, -0.25) is 4.79 Å². The molecule has 21 heavy (non-hydrogen) atoms. The third kappa shape index (κ3) is 4.27. The maximum atomic E-state index is 12.9. The Hall–Kier alpha value is -0.460. The SMILES string of the molecule is CSC(SC)=C(C(=O)c1cccc(Cl)c1)C1COCCO1. The first kappa shape index (κ1) is 16.9.